The average molecular weight is 418 g/mol. The largest absolute Gasteiger partial charge is 0.479 e. The summed E-state index contributed by atoms with van der Waals surface area (Å²) in [6, 6.07) is 4.52. The van der Waals surface area contributed by atoms with Crippen molar-refractivity contribution in [3.63, 3.8) is 0 Å². The SMILES string of the molecule is CCOOc1c(CCCCCCCCCCCN2C=COC2)ccc(CC)c1CC. The van der Waals surface area contributed by atoms with Gasteiger partial charge in [-0.2, -0.15) is 4.89 Å². The maximum absolute atomic E-state index is 5.71. The van der Waals surface area contributed by atoms with Crippen LogP contribution in [0.25, 0.3) is 0 Å². The smallest absolute Gasteiger partial charge is 0.172 e. The van der Waals surface area contributed by atoms with Gasteiger partial charge in [0.25, 0.3) is 0 Å². The Hall–Kier alpha value is -1.68. The van der Waals surface area contributed by atoms with Crippen molar-refractivity contribution in [1.82, 2.24) is 4.90 Å². The number of rotatable bonds is 17. The molecule has 0 saturated heterocycles. The number of hydrogen-bond acceptors (Lipinski definition) is 4. The number of aryl methyl sites for hydroxylation is 2. The maximum Gasteiger partial charge on any atom is 0.172 e. The Bertz CT molecular complexity index is 615. The summed E-state index contributed by atoms with van der Waals surface area (Å²) in [6.07, 6.45) is 18.9. The molecule has 1 aliphatic heterocycles. The van der Waals surface area contributed by atoms with E-state index in [2.05, 4.69) is 30.9 Å². The summed E-state index contributed by atoms with van der Waals surface area (Å²) in [7, 11) is 0. The highest BCUT2D eigenvalue weighted by molar-refractivity contribution is 5.46. The lowest BCUT2D eigenvalue weighted by atomic mass is 9.95. The lowest BCUT2D eigenvalue weighted by Crippen LogP contribution is -2.16. The van der Waals surface area contributed by atoms with Gasteiger partial charge in [-0.15, -0.1) is 0 Å². The highest BCUT2D eigenvalue weighted by atomic mass is 17.2. The van der Waals surface area contributed by atoms with Crippen molar-refractivity contribution < 1.29 is 14.5 Å². The summed E-state index contributed by atoms with van der Waals surface area (Å²) in [5.41, 5.74) is 3.99. The van der Waals surface area contributed by atoms with E-state index in [4.69, 9.17) is 14.5 Å². The van der Waals surface area contributed by atoms with Crippen molar-refractivity contribution in [3.8, 4) is 5.75 Å². The maximum atomic E-state index is 5.71. The molecule has 170 valence electrons. The van der Waals surface area contributed by atoms with E-state index in [0.29, 0.717) is 6.61 Å². The average Bonchev–Trinajstić information content (AvgIpc) is 3.29. The van der Waals surface area contributed by atoms with Gasteiger partial charge in [-0.05, 0) is 50.2 Å². The number of ether oxygens (including phenoxy) is 1. The van der Waals surface area contributed by atoms with Crippen LogP contribution in [-0.2, 0) is 28.9 Å². The van der Waals surface area contributed by atoms with Gasteiger partial charge in [0.1, 0.15) is 6.26 Å². The standard InChI is InChI=1S/C26H43NO3/c1-4-23-17-18-24(26(25(23)5-2)30-29-6-3)16-14-12-10-8-7-9-11-13-15-19-27-20-21-28-22-27/h17-18,20-21H,4-16,19,22H2,1-3H3. The molecule has 1 heterocycles. The summed E-state index contributed by atoms with van der Waals surface area (Å²) in [6.45, 7) is 8.82. The van der Waals surface area contributed by atoms with Crippen molar-refractivity contribution >= 4 is 0 Å². The first-order chi connectivity index (χ1) is 14.8. The zero-order chi connectivity index (χ0) is 21.4. The van der Waals surface area contributed by atoms with Crippen LogP contribution in [0.3, 0.4) is 0 Å². The van der Waals surface area contributed by atoms with Crippen molar-refractivity contribution in [2.75, 3.05) is 19.9 Å². The quantitative estimate of drug-likeness (QED) is 0.156. The Balaban J connectivity index is 1.58. The Labute approximate surface area is 184 Å². The molecule has 0 atom stereocenters. The lowest BCUT2D eigenvalue weighted by molar-refractivity contribution is -0.203. The molecule has 1 aromatic rings. The fraction of sp³-hybridized carbons (Fsp3) is 0.692. The molecule has 0 amide bonds. The molecule has 0 spiro atoms. The van der Waals surface area contributed by atoms with Crippen LogP contribution in [0.4, 0.5) is 0 Å². The highest BCUT2D eigenvalue weighted by Crippen LogP contribution is 2.30. The van der Waals surface area contributed by atoms with E-state index in [0.717, 1.165) is 38.3 Å². The van der Waals surface area contributed by atoms with Gasteiger partial charge in [-0.25, -0.2) is 0 Å². The molecule has 2 rings (SSSR count). The first-order valence-corrected chi connectivity index (χ1v) is 12.3. The molecule has 0 saturated carbocycles. The second kappa shape index (κ2) is 15.2. The van der Waals surface area contributed by atoms with Crippen LogP contribution in [0, 0.1) is 0 Å². The second-order valence-corrected chi connectivity index (χ2v) is 8.21. The van der Waals surface area contributed by atoms with Crippen molar-refractivity contribution in [2.45, 2.75) is 97.8 Å². The number of hydrogen-bond donors (Lipinski definition) is 0. The third-order valence-corrected chi connectivity index (χ3v) is 5.93. The lowest BCUT2D eigenvalue weighted by Gasteiger charge is -2.16. The van der Waals surface area contributed by atoms with E-state index in [-0.39, 0.29) is 0 Å². The minimum absolute atomic E-state index is 0.572. The van der Waals surface area contributed by atoms with Gasteiger partial charge in [0.15, 0.2) is 12.5 Å². The fourth-order valence-corrected chi connectivity index (χ4v) is 4.17. The van der Waals surface area contributed by atoms with Crippen LogP contribution in [0.15, 0.2) is 24.6 Å². The van der Waals surface area contributed by atoms with E-state index < -0.39 is 0 Å². The van der Waals surface area contributed by atoms with Crippen molar-refractivity contribution in [3.05, 3.63) is 41.3 Å². The predicted molar refractivity (Wildman–Crippen MR) is 125 cm³/mol. The number of nitrogens with zero attached hydrogens (tertiary/aromatic N) is 1. The Morgan fingerprint density at radius 2 is 1.50 bits per heavy atom. The van der Waals surface area contributed by atoms with Gasteiger partial charge >= 0.3 is 0 Å². The summed E-state index contributed by atoms with van der Waals surface area (Å²) < 4.78 is 5.21. The van der Waals surface area contributed by atoms with E-state index in [1.165, 1.54) is 74.5 Å². The minimum Gasteiger partial charge on any atom is -0.479 e. The number of benzene rings is 1. The second-order valence-electron chi connectivity index (χ2n) is 8.21. The van der Waals surface area contributed by atoms with Crippen LogP contribution in [0.2, 0.25) is 0 Å². The van der Waals surface area contributed by atoms with E-state index >= 15 is 0 Å². The van der Waals surface area contributed by atoms with E-state index in [1.807, 2.05) is 13.1 Å². The molecule has 0 fully saturated rings. The molecule has 0 radical (unpaired) electrons. The van der Waals surface area contributed by atoms with Gasteiger partial charge < -0.3 is 14.5 Å². The van der Waals surface area contributed by atoms with Gasteiger partial charge in [0.2, 0.25) is 0 Å². The van der Waals surface area contributed by atoms with Crippen molar-refractivity contribution in [2.24, 2.45) is 0 Å². The van der Waals surface area contributed by atoms with Crippen LogP contribution in [0.5, 0.6) is 5.75 Å². The highest BCUT2D eigenvalue weighted by Gasteiger charge is 2.14. The summed E-state index contributed by atoms with van der Waals surface area (Å²) >= 11 is 0. The zero-order valence-corrected chi connectivity index (χ0v) is 19.6. The number of unbranched alkanes of at least 4 members (excludes halogenated alkanes) is 8. The molecule has 0 aromatic heterocycles. The first-order valence-electron chi connectivity index (χ1n) is 12.3. The van der Waals surface area contributed by atoms with Gasteiger partial charge in [0.05, 0.1) is 6.61 Å². The van der Waals surface area contributed by atoms with Gasteiger partial charge in [0, 0.05) is 18.3 Å². The van der Waals surface area contributed by atoms with E-state index in [1.54, 1.807) is 6.26 Å². The third kappa shape index (κ3) is 8.59. The van der Waals surface area contributed by atoms with Crippen molar-refractivity contribution in [1.29, 1.82) is 0 Å². The molecule has 0 N–H and O–H groups in total. The summed E-state index contributed by atoms with van der Waals surface area (Å²) in [5.74, 6) is 0.981. The molecular formula is C26H43NO3. The van der Waals surface area contributed by atoms with Crippen LogP contribution in [-0.4, -0.2) is 24.8 Å². The Morgan fingerprint density at radius 3 is 2.10 bits per heavy atom. The molecule has 0 bridgehead atoms. The molecule has 30 heavy (non-hydrogen) atoms. The van der Waals surface area contributed by atoms with Gasteiger partial charge in [-0.3, -0.25) is 0 Å². The first kappa shape index (κ1) is 24.6. The minimum atomic E-state index is 0.572. The van der Waals surface area contributed by atoms with E-state index in [9.17, 15) is 0 Å². The fourth-order valence-electron chi connectivity index (χ4n) is 4.17. The molecular weight excluding hydrogens is 374 g/mol. The normalized spacial score (nSPS) is 13.1. The summed E-state index contributed by atoms with van der Waals surface area (Å²) in [5, 5.41) is 0. The molecule has 4 heteroatoms. The van der Waals surface area contributed by atoms with Gasteiger partial charge in [-0.1, -0.05) is 70.9 Å². The predicted octanol–water partition coefficient (Wildman–Crippen LogP) is 6.96. The van der Waals surface area contributed by atoms with Crippen LogP contribution >= 0.6 is 0 Å². The molecule has 1 aromatic carbocycles. The summed E-state index contributed by atoms with van der Waals surface area (Å²) in [4.78, 5) is 13.3. The van der Waals surface area contributed by atoms with Crippen LogP contribution < -0.4 is 4.89 Å². The monoisotopic (exact) mass is 417 g/mol. The molecule has 4 nitrogen and oxygen atoms in total. The topological polar surface area (TPSA) is 30.9 Å². The molecule has 1 aliphatic rings. The molecule has 0 aliphatic carbocycles. The van der Waals surface area contributed by atoms with Crippen LogP contribution in [0.1, 0.15) is 95.2 Å². The Kier molecular flexibility index (Phi) is 12.4. The molecule has 0 unspecified atom stereocenters. The Morgan fingerprint density at radius 1 is 0.833 bits per heavy atom. The third-order valence-electron chi connectivity index (χ3n) is 5.93. The zero-order valence-electron chi connectivity index (χ0n) is 19.6.